The molecule has 0 amide bonds. The van der Waals surface area contributed by atoms with Crippen LogP contribution >= 0.6 is 0 Å². The van der Waals surface area contributed by atoms with Crippen LogP contribution in [0.4, 0.5) is 0 Å². The van der Waals surface area contributed by atoms with Crippen molar-refractivity contribution in [2.45, 2.75) is 51.2 Å². The molecule has 1 saturated carbocycles. The van der Waals surface area contributed by atoms with Crippen LogP contribution in [0.5, 0.6) is 5.75 Å². The lowest BCUT2D eigenvalue weighted by molar-refractivity contribution is 0.197. The number of ether oxygens (including phenoxy) is 1. The number of hydrogen-bond acceptors (Lipinski definition) is 5. The van der Waals surface area contributed by atoms with Crippen LogP contribution < -0.4 is 4.74 Å². The SMILES string of the molecule is CC(O)c1cccc(OCc2nc(C3CCCC3)no2)c1. The van der Waals surface area contributed by atoms with Crippen molar-refractivity contribution in [1.29, 1.82) is 0 Å². The summed E-state index contributed by atoms with van der Waals surface area (Å²) in [5.41, 5.74) is 0.824. The molecule has 0 aliphatic heterocycles. The molecule has 5 heteroatoms. The third kappa shape index (κ3) is 3.42. The summed E-state index contributed by atoms with van der Waals surface area (Å²) < 4.78 is 10.9. The number of aromatic nitrogens is 2. The van der Waals surface area contributed by atoms with Crippen molar-refractivity contribution < 1.29 is 14.4 Å². The standard InChI is InChI=1S/C16H20N2O3/c1-11(19)13-7-4-8-14(9-13)20-10-15-17-16(18-21-15)12-5-2-3-6-12/h4,7-9,11-12,19H,2-3,5-6,10H2,1H3. The van der Waals surface area contributed by atoms with Crippen LogP contribution in [-0.2, 0) is 6.61 Å². The summed E-state index contributed by atoms with van der Waals surface area (Å²) in [5.74, 6) is 2.44. The van der Waals surface area contributed by atoms with Gasteiger partial charge in [-0.1, -0.05) is 30.1 Å². The monoisotopic (exact) mass is 288 g/mol. The Morgan fingerprint density at radius 1 is 1.38 bits per heavy atom. The van der Waals surface area contributed by atoms with Gasteiger partial charge < -0.3 is 14.4 Å². The van der Waals surface area contributed by atoms with E-state index in [9.17, 15) is 5.11 Å². The minimum atomic E-state index is -0.508. The highest BCUT2D eigenvalue weighted by atomic mass is 16.5. The lowest BCUT2D eigenvalue weighted by atomic mass is 10.1. The smallest absolute Gasteiger partial charge is 0.264 e. The lowest BCUT2D eigenvalue weighted by Crippen LogP contribution is -1.99. The summed E-state index contributed by atoms with van der Waals surface area (Å²) in [5, 5.41) is 13.6. The van der Waals surface area contributed by atoms with E-state index in [1.54, 1.807) is 6.92 Å². The summed E-state index contributed by atoms with van der Waals surface area (Å²) >= 11 is 0. The molecule has 5 nitrogen and oxygen atoms in total. The Morgan fingerprint density at radius 2 is 2.19 bits per heavy atom. The number of benzene rings is 1. The molecule has 1 heterocycles. The number of aliphatic hydroxyl groups excluding tert-OH is 1. The van der Waals surface area contributed by atoms with Gasteiger partial charge in [-0.2, -0.15) is 4.98 Å². The molecule has 1 N–H and O–H groups in total. The highest BCUT2D eigenvalue weighted by Gasteiger charge is 2.22. The first-order valence-electron chi connectivity index (χ1n) is 7.45. The molecule has 1 unspecified atom stereocenters. The molecule has 1 aliphatic carbocycles. The maximum Gasteiger partial charge on any atom is 0.264 e. The molecule has 112 valence electrons. The maximum atomic E-state index is 9.56. The van der Waals surface area contributed by atoms with E-state index in [1.165, 1.54) is 12.8 Å². The first-order chi connectivity index (χ1) is 10.2. The second-order valence-electron chi connectivity index (χ2n) is 5.56. The van der Waals surface area contributed by atoms with Gasteiger partial charge in [0, 0.05) is 5.92 Å². The highest BCUT2D eigenvalue weighted by molar-refractivity contribution is 5.29. The second-order valence-corrected chi connectivity index (χ2v) is 5.56. The van der Waals surface area contributed by atoms with Crippen molar-refractivity contribution in [3.63, 3.8) is 0 Å². The Labute approximate surface area is 123 Å². The van der Waals surface area contributed by atoms with E-state index in [0.29, 0.717) is 17.6 Å². The molecule has 21 heavy (non-hydrogen) atoms. The fourth-order valence-electron chi connectivity index (χ4n) is 2.69. The predicted molar refractivity (Wildman–Crippen MR) is 76.9 cm³/mol. The van der Waals surface area contributed by atoms with Gasteiger partial charge in [-0.3, -0.25) is 0 Å². The normalized spacial score (nSPS) is 17.0. The van der Waals surface area contributed by atoms with Crippen LogP contribution in [0.3, 0.4) is 0 Å². The molecule has 1 atom stereocenters. The number of rotatable bonds is 5. The van der Waals surface area contributed by atoms with Gasteiger partial charge >= 0.3 is 0 Å². The van der Waals surface area contributed by atoms with E-state index in [4.69, 9.17) is 9.26 Å². The average molecular weight is 288 g/mol. The summed E-state index contributed by atoms with van der Waals surface area (Å²) in [7, 11) is 0. The third-order valence-corrected chi connectivity index (χ3v) is 3.91. The average Bonchev–Trinajstić information content (AvgIpc) is 3.16. The van der Waals surface area contributed by atoms with Crippen LogP contribution in [0.15, 0.2) is 28.8 Å². The molecule has 1 aromatic carbocycles. The zero-order valence-electron chi connectivity index (χ0n) is 12.2. The first kappa shape index (κ1) is 14.1. The van der Waals surface area contributed by atoms with Crippen molar-refractivity contribution in [3.8, 4) is 5.75 Å². The zero-order chi connectivity index (χ0) is 14.7. The molecule has 3 rings (SSSR count). The Hall–Kier alpha value is -1.88. The largest absolute Gasteiger partial charge is 0.484 e. The van der Waals surface area contributed by atoms with Gasteiger partial charge in [-0.25, -0.2) is 0 Å². The Bertz CT molecular complexity index is 589. The van der Waals surface area contributed by atoms with Gasteiger partial charge in [0.05, 0.1) is 6.10 Å². The zero-order valence-corrected chi connectivity index (χ0v) is 12.2. The van der Waals surface area contributed by atoms with Gasteiger partial charge in [0.15, 0.2) is 12.4 Å². The van der Waals surface area contributed by atoms with E-state index in [0.717, 1.165) is 24.2 Å². The van der Waals surface area contributed by atoms with Crippen LogP contribution in [0.2, 0.25) is 0 Å². The molecule has 0 saturated heterocycles. The van der Waals surface area contributed by atoms with E-state index in [1.807, 2.05) is 24.3 Å². The Balaban J connectivity index is 1.61. The molecule has 1 fully saturated rings. The van der Waals surface area contributed by atoms with Crippen LogP contribution in [0, 0.1) is 0 Å². The molecule has 1 aliphatic rings. The van der Waals surface area contributed by atoms with Crippen LogP contribution in [-0.4, -0.2) is 15.2 Å². The van der Waals surface area contributed by atoms with Crippen molar-refractivity contribution >= 4 is 0 Å². The quantitative estimate of drug-likeness (QED) is 0.913. The van der Waals surface area contributed by atoms with E-state index in [-0.39, 0.29) is 6.61 Å². The minimum absolute atomic E-state index is 0.253. The summed E-state index contributed by atoms with van der Waals surface area (Å²) in [6.07, 6.45) is 4.28. The fourth-order valence-corrected chi connectivity index (χ4v) is 2.69. The van der Waals surface area contributed by atoms with Crippen molar-refractivity contribution in [2.24, 2.45) is 0 Å². The highest BCUT2D eigenvalue weighted by Crippen LogP contribution is 2.32. The first-order valence-corrected chi connectivity index (χ1v) is 7.45. The van der Waals surface area contributed by atoms with Crippen molar-refractivity contribution in [3.05, 3.63) is 41.5 Å². The van der Waals surface area contributed by atoms with Gasteiger partial charge in [-0.15, -0.1) is 0 Å². The van der Waals surface area contributed by atoms with Crippen LogP contribution in [0.25, 0.3) is 0 Å². The van der Waals surface area contributed by atoms with Crippen molar-refractivity contribution in [1.82, 2.24) is 10.1 Å². The van der Waals surface area contributed by atoms with E-state index < -0.39 is 6.10 Å². The number of aliphatic hydroxyl groups is 1. The van der Waals surface area contributed by atoms with Gasteiger partial charge in [0.2, 0.25) is 0 Å². The van der Waals surface area contributed by atoms with Crippen LogP contribution in [0.1, 0.15) is 61.9 Å². The predicted octanol–water partition coefficient (Wildman–Crippen LogP) is 3.36. The topological polar surface area (TPSA) is 68.4 Å². The molecule has 0 radical (unpaired) electrons. The van der Waals surface area contributed by atoms with Gasteiger partial charge in [-0.05, 0) is 37.5 Å². The van der Waals surface area contributed by atoms with Gasteiger partial charge in [0.25, 0.3) is 5.89 Å². The lowest BCUT2D eigenvalue weighted by Gasteiger charge is -2.07. The molecule has 0 bridgehead atoms. The summed E-state index contributed by atoms with van der Waals surface area (Å²) in [4.78, 5) is 4.41. The Kier molecular flexibility index (Phi) is 4.20. The van der Waals surface area contributed by atoms with Gasteiger partial charge in [0.1, 0.15) is 5.75 Å². The molecule has 1 aromatic heterocycles. The summed E-state index contributed by atoms with van der Waals surface area (Å²) in [6.45, 7) is 1.98. The number of hydrogen-bond donors (Lipinski definition) is 1. The molecule has 0 spiro atoms. The number of nitrogens with zero attached hydrogens (tertiary/aromatic N) is 2. The molecule has 2 aromatic rings. The summed E-state index contributed by atoms with van der Waals surface area (Å²) in [6, 6.07) is 7.39. The van der Waals surface area contributed by atoms with E-state index >= 15 is 0 Å². The minimum Gasteiger partial charge on any atom is -0.484 e. The molecular weight excluding hydrogens is 268 g/mol. The van der Waals surface area contributed by atoms with Crippen molar-refractivity contribution in [2.75, 3.05) is 0 Å². The molecular formula is C16H20N2O3. The second kappa shape index (κ2) is 6.26. The maximum absolute atomic E-state index is 9.56. The Morgan fingerprint density at radius 3 is 2.95 bits per heavy atom. The fraction of sp³-hybridized carbons (Fsp3) is 0.500. The van der Waals surface area contributed by atoms with E-state index in [2.05, 4.69) is 10.1 Å². The third-order valence-electron chi connectivity index (χ3n) is 3.91.